The van der Waals surface area contributed by atoms with Gasteiger partial charge in [-0.2, -0.15) is 0 Å². The normalized spacial score (nSPS) is 14.3. The number of hydrogen-bond donors (Lipinski definition) is 0. The average Bonchev–Trinajstić information content (AvgIpc) is 3.13. The molecule has 32 heavy (non-hydrogen) atoms. The molecule has 3 aromatic carbocycles. The Bertz CT molecular complexity index is 1250. The number of esters is 1. The van der Waals surface area contributed by atoms with Crippen LogP contribution >= 0.6 is 22.6 Å². The summed E-state index contributed by atoms with van der Waals surface area (Å²) in [7, 11) is 1.54. The number of cyclic esters (lactones) is 1. The standard InChI is InChI=1S/C25H19FINO4/c1-15-5-3-7-18(9-15)24-28-21(25(29)32-24)12-17-11-20(27)23(22(13-17)30-2)31-14-16-6-4-8-19(26)10-16/h3-13H,14H2,1-2H3. The molecule has 0 aromatic heterocycles. The van der Waals surface area contributed by atoms with E-state index < -0.39 is 5.97 Å². The highest BCUT2D eigenvalue weighted by atomic mass is 127. The lowest BCUT2D eigenvalue weighted by Gasteiger charge is -2.14. The molecule has 1 aliphatic rings. The van der Waals surface area contributed by atoms with Crippen LogP contribution in [0.4, 0.5) is 4.39 Å². The molecule has 0 atom stereocenters. The first-order valence-corrected chi connectivity index (χ1v) is 10.8. The van der Waals surface area contributed by atoms with Crippen molar-refractivity contribution in [2.75, 3.05) is 7.11 Å². The summed E-state index contributed by atoms with van der Waals surface area (Å²) in [5.41, 5.74) is 3.42. The molecule has 162 valence electrons. The lowest BCUT2D eigenvalue weighted by atomic mass is 10.1. The van der Waals surface area contributed by atoms with Gasteiger partial charge in [0.05, 0.1) is 10.7 Å². The van der Waals surface area contributed by atoms with Crippen LogP contribution in [0, 0.1) is 16.3 Å². The number of methoxy groups -OCH3 is 1. The molecule has 4 rings (SSSR count). The molecule has 0 radical (unpaired) electrons. The Kier molecular flexibility index (Phi) is 6.55. The van der Waals surface area contributed by atoms with Gasteiger partial charge in [-0.3, -0.25) is 0 Å². The summed E-state index contributed by atoms with van der Waals surface area (Å²) < 4.78 is 30.9. The van der Waals surface area contributed by atoms with Crippen LogP contribution in [0.25, 0.3) is 6.08 Å². The van der Waals surface area contributed by atoms with E-state index in [1.807, 2.05) is 37.3 Å². The van der Waals surface area contributed by atoms with Gasteiger partial charge in [0.1, 0.15) is 12.4 Å². The molecule has 0 aliphatic carbocycles. The highest BCUT2D eigenvalue weighted by Crippen LogP contribution is 2.35. The molecule has 0 saturated carbocycles. The number of aliphatic imine (C=N–C) groups is 1. The Morgan fingerprint density at radius 3 is 2.69 bits per heavy atom. The van der Waals surface area contributed by atoms with E-state index in [0.29, 0.717) is 22.6 Å². The van der Waals surface area contributed by atoms with Crippen molar-refractivity contribution in [1.82, 2.24) is 0 Å². The van der Waals surface area contributed by atoms with Crippen LogP contribution in [0.1, 0.15) is 22.3 Å². The SMILES string of the molecule is COc1cc(C=C2N=C(c3cccc(C)c3)OC2=O)cc(I)c1OCc1cccc(F)c1. The molecule has 1 aliphatic heterocycles. The number of aryl methyl sites for hydroxylation is 1. The Morgan fingerprint density at radius 2 is 1.94 bits per heavy atom. The van der Waals surface area contributed by atoms with E-state index in [2.05, 4.69) is 27.6 Å². The van der Waals surface area contributed by atoms with Gasteiger partial charge in [0, 0.05) is 5.56 Å². The third-order valence-corrected chi connectivity index (χ3v) is 5.51. The summed E-state index contributed by atoms with van der Waals surface area (Å²) in [6.45, 7) is 2.16. The van der Waals surface area contributed by atoms with Crippen LogP contribution in [0.2, 0.25) is 0 Å². The van der Waals surface area contributed by atoms with Gasteiger partial charge in [-0.25, -0.2) is 14.2 Å². The lowest BCUT2D eigenvalue weighted by molar-refractivity contribution is -0.129. The zero-order chi connectivity index (χ0) is 22.7. The van der Waals surface area contributed by atoms with Crippen molar-refractivity contribution in [3.8, 4) is 11.5 Å². The van der Waals surface area contributed by atoms with Gasteiger partial charge >= 0.3 is 5.97 Å². The van der Waals surface area contributed by atoms with Gasteiger partial charge in [-0.05, 0) is 83.1 Å². The van der Waals surface area contributed by atoms with Gasteiger partial charge in [0.15, 0.2) is 17.2 Å². The second-order valence-electron chi connectivity index (χ2n) is 7.16. The average molecular weight is 543 g/mol. The predicted molar refractivity (Wildman–Crippen MR) is 128 cm³/mol. The number of nitrogens with zero attached hydrogens (tertiary/aromatic N) is 1. The van der Waals surface area contributed by atoms with Crippen molar-refractivity contribution >= 4 is 40.5 Å². The maximum Gasteiger partial charge on any atom is 0.363 e. The highest BCUT2D eigenvalue weighted by molar-refractivity contribution is 14.1. The predicted octanol–water partition coefficient (Wildman–Crippen LogP) is 5.67. The Labute approximate surface area is 198 Å². The molecule has 0 bridgehead atoms. The molecule has 7 heteroatoms. The highest BCUT2D eigenvalue weighted by Gasteiger charge is 2.24. The van der Waals surface area contributed by atoms with Crippen molar-refractivity contribution in [2.45, 2.75) is 13.5 Å². The molecular weight excluding hydrogens is 524 g/mol. The number of rotatable bonds is 6. The number of halogens is 2. The van der Waals surface area contributed by atoms with Crippen LogP contribution < -0.4 is 9.47 Å². The first-order valence-electron chi connectivity index (χ1n) is 9.77. The van der Waals surface area contributed by atoms with Crippen molar-refractivity contribution in [2.24, 2.45) is 4.99 Å². The van der Waals surface area contributed by atoms with Gasteiger partial charge in [0.25, 0.3) is 0 Å². The molecule has 0 amide bonds. The molecular formula is C25H19FINO4. The molecule has 0 N–H and O–H groups in total. The number of benzene rings is 3. The number of ether oxygens (including phenoxy) is 3. The summed E-state index contributed by atoms with van der Waals surface area (Å²) in [4.78, 5) is 16.7. The van der Waals surface area contributed by atoms with Crippen molar-refractivity contribution < 1.29 is 23.4 Å². The first-order chi connectivity index (χ1) is 15.4. The van der Waals surface area contributed by atoms with Gasteiger partial charge < -0.3 is 14.2 Å². The van der Waals surface area contributed by atoms with E-state index in [-0.39, 0.29) is 24.0 Å². The molecule has 0 saturated heterocycles. The zero-order valence-electron chi connectivity index (χ0n) is 17.4. The van der Waals surface area contributed by atoms with Gasteiger partial charge in [-0.1, -0.05) is 29.8 Å². The van der Waals surface area contributed by atoms with Crippen LogP contribution in [0.15, 0.2) is 71.4 Å². The Hall–Kier alpha value is -3.20. The van der Waals surface area contributed by atoms with E-state index in [9.17, 15) is 9.18 Å². The maximum atomic E-state index is 13.4. The van der Waals surface area contributed by atoms with E-state index in [0.717, 1.165) is 14.7 Å². The minimum absolute atomic E-state index is 0.195. The fourth-order valence-corrected chi connectivity index (χ4v) is 4.00. The largest absolute Gasteiger partial charge is 0.493 e. The molecule has 0 fully saturated rings. The molecule has 1 heterocycles. The monoisotopic (exact) mass is 543 g/mol. The Morgan fingerprint density at radius 1 is 1.12 bits per heavy atom. The van der Waals surface area contributed by atoms with Gasteiger partial charge in [0.2, 0.25) is 5.90 Å². The fraction of sp³-hybridized carbons (Fsp3) is 0.120. The second-order valence-corrected chi connectivity index (χ2v) is 8.32. The Balaban J connectivity index is 1.59. The molecule has 5 nitrogen and oxygen atoms in total. The van der Waals surface area contributed by atoms with E-state index >= 15 is 0 Å². The summed E-state index contributed by atoms with van der Waals surface area (Å²) in [5, 5.41) is 0. The summed E-state index contributed by atoms with van der Waals surface area (Å²) in [5.74, 6) is 0.485. The fourth-order valence-electron chi connectivity index (χ4n) is 3.21. The van der Waals surface area contributed by atoms with Gasteiger partial charge in [-0.15, -0.1) is 0 Å². The first kappa shape index (κ1) is 22.0. The third kappa shape index (κ3) is 4.99. The molecule has 0 spiro atoms. The third-order valence-electron chi connectivity index (χ3n) is 4.71. The zero-order valence-corrected chi connectivity index (χ0v) is 19.6. The minimum Gasteiger partial charge on any atom is -0.493 e. The van der Waals surface area contributed by atoms with Crippen molar-refractivity contribution in [1.29, 1.82) is 0 Å². The van der Waals surface area contributed by atoms with Crippen LogP contribution in [-0.4, -0.2) is 19.0 Å². The quantitative estimate of drug-likeness (QED) is 0.229. The maximum absolute atomic E-state index is 13.4. The van der Waals surface area contributed by atoms with Crippen molar-refractivity contribution in [3.63, 3.8) is 0 Å². The number of carbonyl (C=O) groups is 1. The number of carbonyl (C=O) groups excluding carboxylic acids is 1. The minimum atomic E-state index is -0.512. The number of hydrogen-bond acceptors (Lipinski definition) is 5. The van der Waals surface area contributed by atoms with E-state index in [1.54, 1.807) is 24.3 Å². The second kappa shape index (κ2) is 9.52. The smallest absolute Gasteiger partial charge is 0.363 e. The van der Waals surface area contributed by atoms with Crippen LogP contribution in [-0.2, 0) is 16.1 Å². The van der Waals surface area contributed by atoms with Crippen LogP contribution in [0.5, 0.6) is 11.5 Å². The van der Waals surface area contributed by atoms with E-state index in [4.69, 9.17) is 14.2 Å². The topological polar surface area (TPSA) is 57.1 Å². The van der Waals surface area contributed by atoms with Crippen molar-refractivity contribution in [3.05, 3.63) is 98.0 Å². The van der Waals surface area contributed by atoms with E-state index in [1.165, 1.54) is 19.2 Å². The summed E-state index contributed by atoms with van der Waals surface area (Å²) in [6, 6.07) is 17.4. The lowest BCUT2D eigenvalue weighted by Crippen LogP contribution is -2.05. The van der Waals surface area contributed by atoms with Crippen LogP contribution in [0.3, 0.4) is 0 Å². The summed E-state index contributed by atoms with van der Waals surface area (Å²) >= 11 is 2.13. The molecule has 3 aromatic rings. The molecule has 0 unspecified atom stereocenters. The summed E-state index contributed by atoms with van der Waals surface area (Å²) in [6.07, 6.45) is 1.65.